The van der Waals surface area contributed by atoms with Gasteiger partial charge in [-0.3, -0.25) is 4.90 Å². The first-order valence-corrected chi connectivity index (χ1v) is 16.8. The number of amides is 1. The Morgan fingerprint density at radius 3 is 2.22 bits per heavy atom. The summed E-state index contributed by atoms with van der Waals surface area (Å²) in [7, 11) is -3.79. The smallest absolute Gasteiger partial charge is 0.407 e. The predicted octanol–water partition coefficient (Wildman–Crippen LogP) is 7.69. The number of carbonyl (C=O) groups is 1. The molecule has 0 aliphatic carbocycles. The van der Waals surface area contributed by atoms with Gasteiger partial charge in [-0.05, 0) is 79.6 Å². The van der Waals surface area contributed by atoms with E-state index >= 15 is 0 Å². The van der Waals surface area contributed by atoms with E-state index in [1.807, 2.05) is 80.6 Å². The molecule has 45 heavy (non-hydrogen) atoms. The Balaban J connectivity index is 1.35. The number of rotatable bonds is 8. The molecule has 0 bridgehead atoms. The standard InChI is InChI=1S/C37H39N3O4S/c1-26-14-16-32(17-15-26)45(43,44)40-21-19-33-34(27(2)22-28(3)36(33)40)25-38-20-18-31(23-35(38)30-12-8-5-9-13-30)39(37(41)42)24-29-10-6-4-7-11-29/h4-17,19,21-22,31,35H,18,20,23-25H2,1-3H3,(H,41,42). The van der Waals surface area contributed by atoms with Crippen LogP contribution < -0.4 is 0 Å². The molecule has 0 radical (unpaired) electrons. The maximum Gasteiger partial charge on any atom is 0.407 e. The van der Waals surface area contributed by atoms with E-state index in [1.165, 1.54) is 3.97 Å². The number of likely N-dealkylation sites (tertiary alicyclic amines) is 1. The second-order valence-corrected chi connectivity index (χ2v) is 14.0. The Bertz CT molecular complexity index is 1920. The maximum atomic E-state index is 13.8. The van der Waals surface area contributed by atoms with E-state index in [0.717, 1.165) is 38.8 Å². The molecule has 1 N–H and O–H groups in total. The number of aromatic nitrogens is 1. The molecular weight excluding hydrogens is 582 g/mol. The first-order chi connectivity index (χ1) is 21.6. The average Bonchev–Trinajstić information content (AvgIpc) is 3.50. The van der Waals surface area contributed by atoms with Crippen LogP contribution in [0, 0.1) is 20.8 Å². The molecule has 2 heterocycles. The molecule has 1 aliphatic heterocycles. The molecule has 0 spiro atoms. The Labute approximate surface area is 265 Å². The zero-order chi connectivity index (χ0) is 31.7. The zero-order valence-electron chi connectivity index (χ0n) is 25.9. The Morgan fingerprint density at radius 1 is 0.889 bits per heavy atom. The molecule has 1 aromatic heterocycles. The third-order valence-electron chi connectivity index (χ3n) is 9.15. The topological polar surface area (TPSA) is 82.9 Å². The molecule has 8 heteroatoms. The Morgan fingerprint density at radius 2 is 1.56 bits per heavy atom. The Kier molecular flexibility index (Phi) is 8.53. The second kappa shape index (κ2) is 12.5. The summed E-state index contributed by atoms with van der Waals surface area (Å²) in [6.07, 6.45) is 2.14. The fourth-order valence-corrected chi connectivity index (χ4v) is 8.21. The number of hydrogen-bond acceptors (Lipinski definition) is 4. The van der Waals surface area contributed by atoms with Gasteiger partial charge in [0.2, 0.25) is 0 Å². The average molecular weight is 622 g/mol. The number of piperidine rings is 1. The molecule has 1 amide bonds. The third-order valence-corrected chi connectivity index (χ3v) is 10.8. The number of nitrogens with zero attached hydrogens (tertiary/aromatic N) is 3. The van der Waals surface area contributed by atoms with Crippen LogP contribution in [0.3, 0.4) is 0 Å². The highest BCUT2D eigenvalue weighted by Gasteiger charge is 2.35. The molecule has 1 fully saturated rings. The monoisotopic (exact) mass is 621 g/mol. The van der Waals surface area contributed by atoms with Gasteiger partial charge in [-0.25, -0.2) is 17.2 Å². The molecule has 7 nitrogen and oxygen atoms in total. The van der Waals surface area contributed by atoms with Gasteiger partial charge in [-0.1, -0.05) is 84.4 Å². The van der Waals surface area contributed by atoms with Gasteiger partial charge in [0.25, 0.3) is 10.0 Å². The van der Waals surface area contributed by atoms with Crippen LogP contribution in [-0.2, 0) is 23.1 Å². The number of aryl methyl sites for hydroxylation is 3. The van der Waals surface area contributed by atoms with Crippen molar-refractivity contribution >= 4 is 27.0 Å². The summed E-state index contributed by atoms with van der Waals surface area (Å²) in [4.78, 5) is 16.8. The van der Waals surface area contributed by atoms with Crippen LogP contribution in [-0.4, -0.2) is 46.0 Å². The van der Waals surface area contributed by atoms with E-state index in [0.29, 0.717) is 38.0 Å². The normalized spacial score (nSPS) is 17.4. The van der Waals surface area contributed by atoms with Crippen molar-refractivity contribution in [3.63, 3.8) is 0 Å². The SMILES string of the molecule is Cc1ccc(S(=O)(=O)n2ccc3c(CN4CCC(N(Cc5ccccc5)C(=O)O)CC4c4ccccc4)c(C)cc(C)c32)cc1. The van der Waals surface area contributed by atoms with Crippen molar-refractivity contribution in [2.75, 3.05) is 6.54 Å². The zero-order valence-corrected chi connectivity index (χ0v) is 26.7. The van der Waals surface area contributed by atoms with Gasteiger partial charge in [-0.2, -0.15) is 0 Å². The summed E-state index contributed by atoms with van der Waals surface area (Å²) in [6.45, 7) is 7.67. The largest absolute Gasteiger partial charge is 0.465 e. The molecule has 0 saturated carbocycles. The fraction of sp³-hybridized carbons (Fsp3) is 0.270. The van der Waals surface area contributed by atoms with Crippen molar-refractivity contribution in [3.8, 4) is 0 Å². The lowest BCUT2D eigenvalue weighted by Gasteiger charge is -2.43. The highest BCUT2D eigenvalue weighted by Crippen LogP contribution is 2.38. The van der Waals surface area contributed by atoms with Crippen molar-refractivity contribution in [3.05, 3.63) is 137 Å². The predicted molar refractivity (Wildman–Crippen MR) is 178 cm³/mol. The minimum absolute atomic E-state index is 0.00305. The van der Waals surface area contributed by atoms with Gasteiger partial charge >= 0.3 is 6.09 Å². The van der Waals surface area contributed by atoms with Gasteiger partial charge in [0.1, 0.15) is 0 Å². The second-order valence-electron chi connectivity index (χ2n) is 12.2. The highest BCUT2D eigenvalue weighted by atomic mass is 32.2. The number of carboxylic acid groups (broad SMARTS) is 1. The number of benzene rings is 4. The van der Waals surface area contributed by atoms with Crippen molar-refractivity contribution in [2.45, 2.75) is 63.7 Å². The molecule has 4 aromatic carbocycles. The quantitative estimate of drug-likeness (QED) is 0.192. The lowest BCUT2D eigenvalue weighted by atomic mass is 9.89. The lowest BCUT2D eigenvalue weighted by molar-refractivity contribution is 0.0541. The van der Waals surface area contributed by atoms with Crippen LogP contribution in [0.4, 0.5) is 4.79 Å². The van der Waals surface area contributed by atoms with E-state index in [9.17, 15) is 18.3 Å². The van der Waals surface area contributed by atoms with Crippen LogP contribution in [0.25, 0.3) is 10.9 Å². The molecule has 2 atom stereocenters. The third kappa shape index (κ3) is 6.13. The molecule has 1 aliphatic rings. The summed E-state index contributed by atoms with van der Waals surface area (Å²) < 4.78 is 29.0. The summed E-state index contributed by atoms with van der Waals surface area (Å²) >= 11 is 0. The Hall–Kier alpha value is -4.40. The van der Waals surface area contributed by atoms with E-state index in [4.69, 9.17) is 0 Å². The molecule has 6 rings (SSSR count). The van der Waals surface area contributed by atoms with Crippen molar-refractivity contribution in [1.82, 2.24) is 13.8 Å². The van der Waals surface area contributed by atoms with Crippen LogP contribution >= 0.6 is 0 Å². The molecule has 5 aromatic rings. The number of hydrogen-bond donors (Lipinski definition) is 1. The molecule has 232 valence electrons. The van der Waals surface area contributed by atoms with Gasteiger partial charge in [0.05, 0.1) is 10.4 Å². The van der Waals surface area contributed by atoms with Gasteiger partial charge < -0.3 is 10.0 Å². The minimum Gasteiger partial charge on any atom is -0.465 e. The molecule has 1 saturated heterocycles. The van der Waals surface area contributed by atoms with Crippen LogP contribution in [0.5, 0.6) is 0 Å². The number of fused-ring (bicyclic) bond motifs is 1. The van der Waals surface area contributed by atoms with Gasteiger partial charge in [0.15, 0.2) is 0 Å². The van der Waals surface area contributed by atoms with Crippen molar-refractivity contribution in [1.29, 1.82) is 0 Å². The first-order valence-electron chi connectivity index (χ1n) is 15.4. The van der Waals surface area contributed by atoms with E-state index < -0.39 is 16.1 Å². The summed E-state index contributed by atoms with van der Waals surface area (Å²) in [5.74, 6) is 0. The summed E-state index contributed by atoms with van der Waals surface area (Å²) in [5.41, 5.74) is 6.92. The minimum atomic E-state index is -3.79. The van der Waals surface area contributed by atoms with E-state index in [2.05, 4.69) is 30.0 Å². The summed E-state index contributed by atoms with van der Waals surface area (Å²) in [5, 5.41) is 11.2. The fourth-order valence-electron chi connectivity index (χ4n) is 6.80. The first kappa shape index (κ1) is 30.6. The van der Waals surface area contributed by atoms with Crippen molar-refractivity contribution in [2.24, 2.45) is 0 Å². The van der Waals surface area contributed by atoms with E-state index in [-0.39, 0.29) is 17.0 Å². The van der Waals surface area contributed by atoms with Gasteiger partial charge in [0, 0.05) is 43.3 Å². The van der Waals surface area contributed by atoms with Crippen LogP contribution in [0.15, 0.2) is 108 Å². The van der Waals surface area contributed by atoms with Gasteiger partial charge in [-0.15, -0.1) is 0 Å². The van der Waals surface area contributed by atoms with Crippen LogP contribution in [0.2, 0.25) is 0 Å². The highest BCUT2D eigenvalue weighted by molar-refractivity contribution is 7.90. The summed E-state index contributed by atoms with van der Waals surface area (Å²) in [6, 6.07) is 30.9. The van der Waals surface area contributed by atoms with E-state index in [1.54, 1.807) is 23.2 Å². The molecule has 2 unspecified atom stereocenters. The lowest BCUT2D eigenvalue weighted by Crippen LogP contribution is -2.47. The van der Waals surface area contributed by atoms with Crippen LogP contribution in [0.1, 0.15) is 52.3 Å². The molecular formula is C37H39N3O4S. The van der Waals surface area contributed by atoms with Crippen molar-refractivity contribution < 1.29 is 18.3 Å². The maximum absolute atomic E-state index is 13.8.